The van der Waals surface area contributed by atoms with Crippen LogP contribution in [0, 0.1) is 0 Å². The van der Waals surface area contributed by atoms with Gasteiger partial charge in [0.05, 0.1) is 0 Å². The minimum Gasteiger partial charge on any atom is -0.444 e. The molecule has 0 radical (unpaired) electrons. The number of rotatable bonds is 7. The van der Waals surface area contributed by atoms with Crippen molar-refractivity contribution < 1.29 is 28.7 Å². The Balaban J connectivity index is 1.46. The summed E-state index contributed by atoms with van der Waals surface area (Å²) >= 11 is 0. The van der Waals surface area contributed by atoms with Crippen LogP contribution in [0.15, 0.2) is 36.5 Å². The normalized spacial score (nSPS) is 17.2. The molecule has 1 aromatic heterocycles. The largest absolute Gasteiger partial charge is 0.444 e. The van der Waals surface area contributed by atoms with Crippen LogP contribution in [-0.4, -0.2) is 71.1 Å². The fraction of sp³-hybridized carbons (Fsp3) is 0.464. The van der Waals surface area contributed by atoms with Gasteiger partial charge < -0.3 is 30.7 Å². The summed E-state index contributed by atoms with van der Waals surface area (Å²) in [5.41, 5.74) is 7.54. The van der Waals surface area contributed by atoms with E-state index in [4.69, 9.17) is 15.2 Å². The van der Waals surface area contributed by atoms with Crippen molar-refractivity contribution in [3.05, 3.63) is 53.3 Å². The van der Waals surface area contributed by atoms with Crippen LogP contribution in [0.25, 0.3) is 11.1 Å². The highest BCUT2D eigenvalue weighted by atomic mass is 16.6. The zero-order valence-corrected chi connectivity index (χ0v) is 22.7. The molecule has 11 heteroatoms. The van der Waals surface area contributed by atoms with Crippen molar-refractivity contribution in [3.8, 4) is 11.1 Å². The number of nitrogens with zero attached hydrogens (tertiary/aromatic N) is 2. The van der Waals surface area contributed by atoms with Gasteiger partial charge in [-0.2, -0.15) is 0 Å². The van der Waals surface area contributed by atoms with Crippen molar-refractivity contribution in [3.63, 3.8) is 0 Å². The van der Waals surface area contributed by atoms with Gasteiger partial charge in [-0.3, -0.25) is 19.4 Å². The molecule has 3 heterocycles. The molecule has 1 unspecified atom stereocenters. The van der Waals surface area contributed by atoms with E-state index in [1.807, 2.05) is 30.3 Å². The van der Waals surface area contributed by atoms with E-state index in [-0.39, 0.29) is 38.4 Å². The molecular weight excluding hydrogens is 502 g/mol. The first kappa shape index (κ1) is 28.0. The summed E-state index contributed by atoms with van der Waals surface area (Å²) in [4.78, 5) is 56.3. The smallest absolute Gasteiger partial charge is 0.408 e. The van der Waals surface area contributed by atoms with Gasteiger partial charge in [0.2, 0.25) is 11.8 Å². The third kappa shape index (κ3) is 6.54. The Hall–Kier alpha value is -3.99. The summed E-state index contributed by atoms with van der Waals surface area (Å²) in [6, 6.07) is 8.45. The molecule has 0 saturated carbocycles. The van der Waals surface area contributed by atoms with E-state index < -0.39 is 35.1 Å². The molecule has 2 aromatic rings. The highest BCUT2D eigenvalue weighted by Gasteiger charge is 2.43. The van der Waals surface area contributed by atoms with Gasteiger partial charge in [0.1, 0.15) is 22.9 Å². The van der Waals surface area contributed by atoms with Gasteiger partial charge >= 0.3 is 6.09 Å². The number of carbonyl (C=O) groups is 4. The lowest BCUT2D eigenvalue weighted by Gasteiger charge is -2.37. The first-order chi connectivity index (χ1) is 18.4. The quantitative estimate of drug-likeness (QED) is 0.488. The van der Waals surface area contributed by atoms with Crippen LogP contribution in [0.5, 0.6) is 0 Å². The Kier molecular flexibility index (Phi) is 7.91. The van der Waals surface area contributed by atoms with Crippen LogP contribution in [0.1, 0.15) is 55.2 Å². The monoisotopic (exact) mass is 537 g/mol. The third-order valence-corrected chi connectivity index (χ3v) is 6.82. The lowest BCUT2D eigenvalue weighted by atomic mass is 9.88. The number of fused-ring (bicyclic) bond motifs is 1. The van der Waals surface area contributed by atoms with Gasteiger partial charge in [0.15, 0.2) is 0 Å². The number of amides is 4. The van der Waals surface area contributed by atoms with Gasteiger partial charge in [-0.05, 0) is 38.0 Å². The van der Waals surface area contributed by atoms with E-state index in [1.165, 1.54) is 0 Å². The van der Waals surface area contributed by atoms with E-state index in [2.05, 4.69) is 15.6 Å². The fourth-order valence-electron chi connectivity index (χ4n) is 4.71. The number of pyridine rings is 1. The summed E-state index contributed by atoms with van der Waals surface area (Å²) in [6.07, 6.45) is 1.58. The molecule has 4 N–H and O–H groups in total. The molecule has 39 heavy (non-hydrogen) atoms. The third-order valence-electron chi connectivity index (χ3n) is 6.82. The molecule has 11 nitrogen and oxygen atoms in total. The van der Waals surface area contributed by atoms with Crippen LogP contribution in [0.2, 0.25) is 0 Å². The number of carbonyl (C=O) groups excluding carboxylic acids is 4. The Bertz CT molecular complexity index is 1260. The van der Waals surface area contributed by atoms with Crippen LogP contribution in [0.4, 0.5) is 4.79 Å². The van der Waals surface area contributed by atoms with Crippen LogP contribution < -0.4 is 16.4 Å². The Labute approximate surface area is 227 Å². The first-order valence-corrected chi connectivity index (χ1v) is 12.9. The van der Waals surface area contributed by atoms with Crippen LogP contribution in [-0.2, 0) is 32.0 Å². The molecule has 0 bridgehead atoms. The predicted molar refractivity (Wildman–Crippen MR) is 142 cm³/mol. The van der Waals surface area contributed by atoms with Crippen molar-refractivity contribution in [2.24, 2.45) is 5.73 Å². The van der Waals surface area contributed by atoms with Crippen molar-refractivity contribution in [1.29, 1.82) is 0 Å². The van der Waals surface area contributed by atoms with E-state index in [1.54, 1.807) is 38.9 Å². The number of hydrogen-bond acceptors (Lipinski definition) is 7. The highest BCUT2D eigenvalue weighted by molar-refractivity contribution is 5.96. The van der Waals surface area contributed by atoms with Crippen LogP contribution >= 0.6 is 0 Å². The molecule has 4 rings (SSSR count). The maximum absolute atomic E-state index is 13.4. The molecule has 2 aliphatic heterocycles. The second-order valence-corrected chi connectivity index (χ2v) is 11.0. The van der Waals surface area contributed by atoms with Crippen molar-refractivity contribution in [1.82, 2.24) is 20.5 Å². The topological polar surface area (TPSA) is 153 Å². The van der Waals surface area contributed by atoms with Crippen LogP contribution in [0.3, 0.4) is 0 Å². The van der Waals surface area contributed by atoms with E-state index >= 15 is 0 Å². The lowest BCUT2D eigenvalue weighted by Crippen LogP contribution is -2.64. The predicted octanol–water partition coefficient (Wildman–Crippen LogP) is 1.92. The summed E-state index contributed by atoms with van der Waals surface area (Å²) < 4.78 is 10.8. The summed E-state index contributed by atoms with van der Waals surface area (Å²) in [6.45, 7) is 6.26. The highest BCUT2D eigenvalue weighted by Crippen LogP contribution is 2.27. The molecule has 1 fully saturated rings. The number of alkyl carbamates (subject to hydrolysis) is 1. The first-order valence-electron chi connectivity index (χ1n) is 12.9. The zero-order chi connectivity index (χ0) is 28.4. The molecule has 4 amide bonds. The van der Waals surface area contributed by atoms with E-state index in [0.717, 1.165) is 22.3 Å². The maximum Gasteiger partial charge on any atom is 0.408 e. The minimum atomic E-state index is -1.28. The van der Waals surface area contributed by atoms with Gasteiger partial charge in [-0.15, -0.1) is 0 Å². The summed E-state index contributed by atoms with van der Waals surface area (Å²) in [7, 11) is 1.74. The van der Waals surface area contributed by atoms with Gasteiger partial charge in [-0.25, -0.2) is 4.79 Å². The fourth-order valence-corrected chi connectivity index (χ4v) is 4.71. The Morgan fingerprint density at radius 1 is 1.15 bits per heavy atom. The van der Waals surface area contributed by atoms with Gasteiger partial charge in [0.25, 0.3) is 5.91 Å². The molecule has 0 spiro atoms. The number of ether oxygens (including phenoxy) is 2. The number of hydrogen-bond donors (Lipinski definition) is 3. The average molecular weight is 538 g/mol. The molecule has 1 atom stereocenters. The van der Waals surface area contributed by atoms with Crippen molar-refractivity contribution in [2.45, 2.75) is 63.8 Å². The number of nitrogens with two attached hydrogens (primary N) is 1. The zero-order valence-electron chi connectivity index (χ0n) is 22.7. The average Bonchev–Trinajstić information content (AvgIpc) is 3.15. The number of primary amides is 1. The van der Waals surface area contributed by atoms with E-state index in [0.29, 0.717) is 12.2 Å². The Morgan fingerprint density at radius 3 is 2.44 bits per heavy atom. The second kappa shape index (κ2) is 11.0. The van der Waals surface area contributed by atoms with Crippen molar-refractivity contribution >= 4 is 23.8 Å². The maximum atomic E-state index is 13.4. The van der Waals surface area contributed by atoms with Gasteiger partial charge in [0, 0.05) is 63.4 Å². The molecule has 1 saturated heterocycles. The molecule has 2 aliphatic rings. The number of aromatic nitrogens is 1. The number of benzene rings is 1. The minimum absolute atomic E-state index is 0.0877. The molecular formula is C28H35N5O6. The molecule has 0 aliphatic carbocycles. The number of nitrogens with one attached hydrogen (secondary N) is 2. The van der Waals surface area contributed by atoms with Crippen molar-refractivity contribution in [2.75, 3.05) is 20.3 Å². The summed E-state index contributed by atoms with van der Waals surface area (Å²) in [5.74, 6) is -1.29. The standard InChI is InChI=1S/C28H35N5O6/c1-27(2,3)39-26(37)32-28(9-11-38-12-10-28)25(36)31-21(23(29)34)13-17-5-7-18(8-6-17)19-14-20-16-33(4)24(35)22(20)30-15-19/h5-8,14-15,21H,9-13,16H2,1-4H3,(H2,29,34)(H,31,36)(H,32,37). The molecule has 208 valence electrons. The summed E-state index contributed by atoms with van der Waals surface area (Å²) in [5, 5.41) is 5.45. The second-order valence-electron chi connectivity index (χ2n) is 11.0. The SMILES string of the molecule is CN1Cc2cc(-c3ccc(CC(NC(=O)C4(NC(=O)OC(C)(C)C)CCOCC4)C(N)=O)cc3)cnc2C1=O. The molecule has 1 aromatic carbocycles. The van der Waals surface area contributed by atoms with Gasteiger partial charge in [-0.1, -0.05) is 24.3 Å². The lowest BCUT2D eigenvalue weighted by molar-refractivity contribution is -0.135. The Morgan fingerprint density at radius 2 is 1.82 bits per heavy atom. The van der Waals surface area contributed by atoms with E-state index in [9.17, 15) is 19.2 Å².